The fourth-order valence-corrected chi connectivity index (χ4v) is 2.07. The van der Waals surface area contributed by atoms with E-state index in [1.807, 2.05) is 24.3 Å². The van der Waals surface area contributed by atoms with Gasteiger partial charge >= 0.3 is 5.97 Å². The van der Waals surface area contributed by atoms with E-state index < -0.39 is 0 Å². The van der Waals surface area contributed by atoms with Crippen molar-refractivity contribution in [3.8, 4) is 5.75 Å². The number of carbonyl (C=O) groups is 1. The summed E-state index contributed by atoms with van der Waals surface area (Å²) in [6.07, 6.45) is 3.19. The second kappa shape index (κ2) is 7.23. The normalized spacial score (nSPS) is 11.0. The molecule has 21 heavy (non-hydrogen) atoms. The highest BCUT2D eigenvalue weighted by Gasteiger charge is 2.01. The third-order valence-corrected chi connectivity index (χ3v) is 3.58. The molecule has 0 amide bonds. The van der Waals surface area contributed by atoms with Crippen molar-refractivity contribution in [3.63, 3.8) is 0 Å². The Balaban J connectivity index is 1.96. The van der Waals surface area contributed by atoms with Gasteiger partial charge in [0, 0.05) is 10.5 Å². The van der Waals surface area contributed by atoms with Crippen LogP contribution in [0.5, 0.6) is 5.75 Å². The van der Waals surface area contributed by atoms with Crippen molar-refractivity contribution < 1.29 is 9.53 Å². The van der Waals surface area contributed by atoms with Crippen molar-refractivity contribution in [3.05, 3.63) is 70.2 Å². The average Bonchev–Trinajstić information content (AvgIpc) is 2.48. The number of benzene rings is 2. The van der Waals surface area contributed by atoms with Gasteiger partial charge in [-0.05, 0) is 47.4 Å². The van der Waals surface area contributed by atoms with Crippen molar-refractivity contribution >= 4 is 28.0 Å². The van der Waals surface area contributed by atoms with Crippen LogP contribution in [0, 0.1) is 0 Å². The van der Waals surface area contributed by atoms with Crippen molar-refractivity contribution in [2.24, 2.45) is 0 Å². The molecule has 2 nitrogen and oxygen atoms in total. The average molecular weight is 345 g/mol. The summed E-state index contributed by atoms with van der Waals surface area (Å²) >= 11 is 3.33. The Bertz CT molecular complexity index is 625. The van der Waals surface area contributed by atoms with Gasteiger partial charge in [0.2, 0.25) is 0 Å². The molecule has 0 saturated carbocycles. The van der Waals surface area contributed by atoms with E-state index >= 15 is 0 Å². The standard InChI is InChI=1S/C18H17BrO2/c1-13(2)15-6-3-14(4-7-15)5-12-18(20)21-17-10-8-16(19)9-11-17/h3-13H,1-2H3/b12-5+. The first-order chi connectivity index (χ1) is 10.0. The van der Waals surface area contributed by atoms with Crippen LogP contribution in [0.3, 0.4) is 0 Å². The molecule has 108 valence electrons. The molecule has 0 aliphatic rings. The van der Waals surface area contributed by atoms with Gasteiger partial charge in [-0.15, -0.1) is 0 Å². The van der Waals surface area contributed by atoms with E-state index in [2.05, 4.69) is 41.9 Å². The van der Waals surface area contributed by atoms with Gasteiger partial charge in [-0.3, -0.25) is 0 Å². The maximum atomic E-state index is 11.7. The molecule has 0 heterocycles. The Morgan fingerprint density at radius 3 is 2.24 bits per heavy atom. The van der Waals surface area contributed by atoms with Crippen LogP contribution in [0.25, 0.3) is 6.08 Å². The largest absolute Gasteiger partial charge is 0.423 e. The molecule has 0 saturated heterocycles. The van der Waals surface area contributed by atoms with Gasteiger partial charge in [0.05, 0.1) is 0 Å². The van der Waals surface area contributed by atoms with Gasteiger partial charge in [0.1, 0.15) is 5.75 Å². The second-order valence-electron chi connectivity index (χ2n) is 5.03. The molecule has 2 aromatic rings. The molecule has 0 spiro atoms. The summed E-state index contributed by atoms with van der Waals surface area (Å²) < 4.78 is 6.15. The number of rotatable bonds is 4. The molecule has 2 rings (SSSR count). The fraction of sp³-hybridized carbons (Fsp3) is 0.167. The van der Waals surface area contributed by atoms with Crippen molar-refractivity contribution in [1.29, 1.82) is 0 Å². The Kier molecular flexibility index (Phi) is 5.34. The minimum atomic E-state index is -0.384. The lowest BCUT2D eigenvalue weighted by Crippen LogP contribution is -2.03. The molecule has 0 unspecified atom stereocenters. The van der Waals surface area contributed by atoms with Crippen molar-refractivity contribution in [1.82, 2.24) is 0 Å². The summed E-state index contributed by atoms with van der Waals surface area (Å²) in [5.74, 6) is 0.652. The van der Waals surface area contributed by atoms with Gasteiger partial charge in [-0.2, -0.15) is 0 Å². The Hall–Kier alpha value is -1.87. The molecule has 0 bridgehead atoms. The maximum Gasteiger partial charge on any atom is 0.336 e. The highest BCUT2D eigenvalue weighted by molar-refractivity contribution is 9.10. The lowest BCUT2D eigenvalue weighted by Gasteiger charge is -2.04. The fourth-order valence-electron chi connectivity index (χ4n) is 1.81. The number of hydrogen-bond acceptors (Lipinski definition) is 2. The molecular weight excluding hydrogens is 328 g/mol. The van der Waals surface area contributed by atoms with E-state index in [-0.39, 0.29) is 5.97 Å². The topological polar surface area (TPSA) is 26.3 Å². The zero-order chi connectivity index (χ0) is 15.2. The molecule has 0 aliphatic heterocycles. The van der Waals surface area contributed by atoms with Crippen LogP contribution in [0.2, 0.25) is 0 Å². The van der Waals surface area contributed by atoms with Gasteiger partial charge in [-0.1, -0.05) is 54.0 Å². The molecular formula is C18H17BrO2. The van der Waals surface area contributed by atoms with Crippen LogP contribution in [0.4, 0.5) is 0 Å². The number of hydrogen-bond donors (Lipinski definition) is 0. The molecule has 0 N–H and O–H groups in total. The minimum Gasteiger partial charge on any atom is -0.423 e. The van der Waals surface area contributed by atoms with Gasteiger partial charge in [-0.25, -0.2) is 4.79 Å². The van der Waals surface area contributed by atoms with Gasteiger partial charge in [0.15, 0.2) is 0 Å². The van der Waals surface area contributed by atoms with E-state index in [1.54, 1.807) is 18.2 Å². The first-order valence-corrected chi connectivity index (χ1v) is 7.59. The van der Waals surface area contributed by atoms with Crippen LogP contribution in [-0.4, -0.2) is 5.97 Å². The third-order valence-electron chi connectivity index (χ3n) is 3.05. The number of ether oxygens (including phenoxy) is 1. The summed E-state index contributed by atoms with van der Waals surface area (Å²) in [6, 6.07) is 15.3. The molecule has 0 fully saturated rings. The van der Waals surface area contributed by atoms with Crippen LogP contribution >= 0.6 is 15.9 Å². The number of carbonyl (C=O) groups excluding carboxylic acids is 1. The van der Waals surface area contributed by atoms with Gasteiger partial charge in [0.25, 0.3) is 0 Å². The van der Waals surface area contributed by atoms with E-state index in [0.29, 0.717) is 11.7 Å². The highest BCUT2D eigenvalue weighted by atomic mass is 79.9. The molecule has 0 atom stereocenters. The zero-order valence-electron chi connectivity index (χ0n) is 12.0. The minimum absolute atomic E-state index is 0.384. The Labute approximate surface area is 133 Å². The smallest absolute Gasteiger partial charge is 0.336 e. The van der Waals surface area contributed by atoms with Crippen LogP contribution in [0.1, 0.15) is 30.9 Å². The zero-order valence-corrected chi connectivity index (χ0v) is 13.6. The molecule has 0 radical (unpaired) electrons. The van der Waals surface area contributed by atoms with Crippen LogP contribution in [-0.2, 0) is 4.79 Å². The van der Waals surface area contributed by atoms with E-state index in [1.165, 1.54) is 11.6 Å². The summed E-state index contributed by atoms with van der Waals surface area (Å²) in [5.41, 5.74) is 2.26. The highest BCUT2D eigenvalue weighted by Crippen LogP contribution is 2.17. The monoisotopic (exact) mass is 344 g/mol. The first-order valence-electron chi connectivity index (χ1n) is 6.80. The maximum absolute atomic E-state index is 11.7. The molecule has 0 aromatic heterocycles. The molecule has 2 aromatic carbocycles. The van der Waals surface area contributed by atoms with E-state index in [4.69, 9.17) is 4.74 Å². The lowest BCUT2D eigenvalue weighted by molar-refractivity contribution is -0.128. The Morgan fingerprint density at radius 2 is 1.67 bits per heavy atom. The molecule has 3 heteroatoms. The van der Waals surface area contributed by atoms with Crippen molar-refractivity contribution in [2.45, 2.75) is 19.8 Å². The predicted molar refractivity (Wildman–Crippen MR) is 89.3 cm³/mol. The Morgan fingerprint density at radius 1 is 1.05 bits per heavy atom. The van der Waals surface area contributed by atoms with Crippen LogP contribution in [0.15, 0.2) is 59.1 Å². The summed E-state index contributed by atoms with van der Waals surface area (Å²) in [6.45, 7) is 4.31. The quantitative estimate of drug-likeness (QED) is 0.433. The van der Waals surface area contributed by atoms with Crippen molar-refractivity contribution in [2.75, 3.05) is 0 Å². The second-order valence-corrected chi connectivity index (χ2v) is 5.95. The van der Waals surface area contributed by atoms with E-state index in [9.17, 15) is 4.79 Å². The number of esters is 1. The van der Waals surface area contributed by atoms with E-state index in [0.717, 1.165) is 10.0 Å². The predicted octanol–water partition coefficient (Wildman–Crippen LogP) is 5.19. The SMILES string of the molecule is CC(C)c1ccc(/C=C/C(=O)Oc2ccc(Br)cc2)cc1. The summed E-state index contributed by atoms with van der Waals surface area (Å²) in [4.78, 5) is 11.7. The van der Waals surface area contributed by atoms with Crippen LogP contribution < -0.4 is 4.74 Å². The lowest BCUT2D eigenvalue weighted by atomic mass is 10.0. The third kappa shape index (κ3) is 4.87. The summed E-state index contributed by atoms with van der Waals surface area (Å²) in [7, 11) is 0. The number of halogens is 1. The first kappa shape index (κ1) is 15.5. The summed E-state index contributed by atoms with van der Waals surface area (Å²) in [5, 5.41) is 0. The molecule has 0 aliphatic carbocycles. The van der Waals surface area contributed by atoms with Gasteiger partial charge < -0.3 is 4.74 Å².